The first-order valence-electron chi connectivity index (χ1n) is 10.4. The molecule has 0 N–H and O–H groups in total. The van der Waals surface area contributed by atoms with Crippen LogP contribution < -0.4 is 0 Å². The normalized spacial score (nSPS) is 24.3. The molecule has 4 heterocycles. The van der Waals surface area contributed by atoms with Gasteiger partial charge < -0.3 is 14.5 Å². The van der Waals surface area contributed by atoms with Gasteiger partial charge in [-0.1, -0.05) is 13.8 Å². The van der Waals surface area contributed by atoms with Crippen molar-refractivity contribution in [2.45, 2.75) is 70.4 Å². The summed E-state index contributed by atoms with van der Waals surface area (Å²) in [7, 11) is 0. The van der Waals surface area contributed by atoms with Crippen LogP contribution in [-0.4, -0.2) is 53.9 Å². The van der Waals surface area contributed by atoms with E-state index in [1.54, 1.807) is 11.3 Å². The predicted octanol–water partition coefficient (Wildman–Crippen LogP) is 3.56. The van der Waals surface area contributed by atoms with Gasteiger partial charge in [-0.2, -0.15) is 0 Å². The van der Waals surface area contributed by atoms with Crippen molar-refractivity contribution >= 4 is 23.2 Å². The average Bonchev–Trinajstić information content (AvgIpc) is 3.35. The monoisotopic (exact) mass is 390 g/mol. The Morgan fingerprint density at radius 2 is 2.04 bits per heavy atom. The van der Waals surface area contributed by atoms with Gasteiger partial charge in [0, 0.05) is 43.4 Å². The van der Waals surface area contributed by atoms with Gasteiger partial charge in [-0.3, -0.25) is 9.59 Å². The Morgan fingerprint density at radius 3 is 2.74 bits per heavy atom. The number of thiophene rings is 1. The summed E-state index contributed by atoms with van der Waals surface area (Å²) in [5.41, 5.74) is 0.917. The molecule has 6 heteroatoms. The minimum Gasteiger partial charge on any atom is -0.370 e. The summed E-state index contributed by atoms with van der Waals surface area (Å²) in [6.45, 7) is 7.18. The van der Waals surface area contributed by atoms with Gasteiger partial charge in [0.05, 0.1) is 17.1 Å². The number of amides is 2. The first-order chi connectivity index (χ1) is 13.1. The highest BCUT2D eigenvalue weighted by atomic mass is 32.1. The van der Waals surface area contributed by atoms with Crippen LogP contribution in [-0.2, 0) is 21.6 Å². The quantitative estimate of drug-likeness (QED) is 0.793. The molecule has 3 aliphatic heterocycles. The van der Waals surface area contributed by atoms with Gasteiger partial charge in [-0.05, 0) is 43.7 Å². The molecule has 0 aliphatic carbocycles. The second-order valence-electron chi connectivity index (χ2n) is 7.98. The summed E-state index contributed by atoms with van der Waals surface area (Å²) in [4.78, 5) is 31.4. The van der Waals surface area contributed by atoms with Crippen LogP contribution in [0.1, 0.15) is 72.5 Å². The van der Waals surface area contributed by atoms with Crippen molar-refractivity contribution in [3.05, 3.63) is 21.4 Å². The number of nitrogens with zero attached hydrogens (tertiary/aromatic N) is 2. The molecule has 148 valence electrons. The van der Waals surface area contributed by atoms with Crippen molar-refractivity contribution in [3.8, 4) is 0 Å². The lowest BCUT2D eigenvalue weighted by Gasteiger charge is -2.44. The van der Waals surface area contributed by atoms with E-state index in [0.29, 0.717) is 19.1 Å². The topological polar surface area (TPSA) is 49.9 Å². The Morgan fingerprint density at radius 1 is 1.26 bits per heavy atom. The summed E-state index contributed by atoms with van der Waals surface area (Å²) in [6, 6.07) is 2.51. The third-order valence-corrected chi connectivity index (χ3v) is 7.74. The van der Waals surface area contributed by atoms with Crippen LogP contribution in [0.3, 0.4) is 0 Å². The number of likely N-dealkylation sites (tertiary alicyclic amines) is 2. The molecular formula is C21H30N2O3S. The molecule has 5 nitrogen and oxygen atoms in total. The van der Waals surface area contributed by atoms with Gasteiger partial charge in [0.1, 0.15) is 0 Å². The van der Waals surface area contributed by atoms with E-state index >= 15 is 0 Å². The van der Waals surface area contributed by atoms with Gasteiger partial charge in [0.25, 0.3) is 5.91 Å². The van der Waals surface area contributed by atoms with E-state index in [2.05, 4.69) is 17.9 Å². The molecule has 1 unspecified atom stereocenters. The molecule has 0 radical (unpaired) electrons. The molecule has 2 saturated heterocycles. The minimum absolute atomic E-state index is 0.201. The van der Waals surface area contributed by atoms with Crippen molar-refractivity contribution < 1.29 is 14.3 Å². The summed E-state index contributed by atoms with van der Waals surface area (Å²) in [5, 5.41) is 0. The van der Waals surface area contributed by atoms with Gasteiger partial charge in [-0.15, -0.1) is 11.3 Å². The fourth-order valence-electron chi connectivity index (χ4n) is 4.95. The second kappa shape index (κ2) is 7.55. The number of carbonyl (C=O) groups excluding carboxylic acids is 2. The van der Waals surface area contributed by atoms with Crippen LogP contribution >= 0.6 is 11.3 Å². The summed E-state index contributed by atoms with van der Waals surface area (Å²) in [6.07, 6.45) is 6.39. The van der Waals surface area contributed by atoms with Gasteiger partial charge in [0.2, 0.25) is 5.91 Å². The number of hydrogen-bond donors (Lipinski definition) is 0. The number of rotatable bonds is 3. The van der Waals surface area contributed by atoms with Gasteiger partial charge in [-0.25, -0.2) is 0 Å². The third-order valence-electron chi connectivity index (χ3n) is 6.55. The fourth-order valence-corrected chi connectivity index (χ4v) is 6.13. The Kier molecular flexibility index (Phi) is 5.30. The highest BCUT2D eigenvalue weighted by Gasteiger charge is 2.43. The summed E-state index contributed by atoms with van der Waals surface area (Å²) in [5.74, 6) is 0.425. The summed E-state index contributed by atoms with van der Waals surface area (Å²) >= 11 is 1.67. The molecule has 1 aromatic rings. The molecule has 0 aromatic carbocycles. The van der Waals surface area contributed by atoms with E-state index < -0.39 is 0 Å². The average molecular weight is 391 g/mol. The van der Waals surface area contributed by atoms with Crippen molar-refractivity contribution in [2.75, 3.05) is 26.2 Å². The van der Waals surface area contributed by atoms with Gasteiger partial charge in [0.15, 0.2) is 0 Å². The molecule has 3 aliphatic rings. The maximum absolute atomic E-state index is 13.1. The molecule has 1 spiro atoms. The molecule has 0 bridgehead atoms. The molecule has 1 aromatic heterocycles. The van der Waals surface area contributed by atoms with Crippen molar-refractivity contribution in [1.29, 1.82) is 0 Å². The van der Waals surface area contributed by atoms with Crippen molar-refractivity contribution in [3.63, 3.8) is 0 Å². The largest absolute Gasteiger partial charge is 0.370 e. The highest BCUT2D eigenvalue weighted by molar-refractivity contribution is 7.14. The fraction of sp³-hybridized carbons (Fsp3) is 0.714. The van der Waals surface area contributed by atoms with E-state index in [1.807, 2.05) is 11.8 Å². The lowest BCUT2D eigenvalue weighted by atomic mass is 9.82. The highest BCUT2D eigenvalue weighted by Crippen LogP contribution is 2.45. The van der Waals surface area contributed by atoms with E-state index in [9.17, 15) is 9.59 Å². The number of carbonyl (C=O) groups is 2. The lowest BCUT2D eigenvalue weighted by Crippen LogP contribution is -2.47. The maximum atomic E-state index is 13.1. The standard InChI is InChI=1S/C21H30N2O3S/c1-3-15-6-5-10-23(15)20(25)18-14-16-17(27-18)7-13-26-21(16)8-11-22(12-9-21)19(24)4-2/h14-15H,3-13H2,1-2H3. The van der Waals surface area contributed by atoms with E-state index in [1.165, 1.54) is 10.4 Å². The molecular weight excluding hydrogens is 360 g/mol. The van der Waals surface area contributed by atoms with Crippen LogP contribution in [0, 0.1) is 0 Å². The van der Waals surface area contributed by atoms with Crippen LogP contribution in [0.2, 0.25) is 0 Å². The zero-order valence-corrected chi connectivity index (χ0v) is 17.3. The van der Waals surface area contributed by atoms with Crippen LogP contribution in [0.5, 0.6) is 0 Å². The first-order valence-corrected chi connectivity index (χ1v) is 11.3. The molecule has 1 atom stereocenters. The van der Waals surface area contributed by atoms with Gasteiger partial charge >= 0.3 is 0 Å². The molecule has 2 amide bonds. The van der Waals surface area contributed by atoms with E-state index in [-0.39, 0.29) is 17.4 Å². The zero-order chi connectivity index (χ0) is 19.0. The number of hydrogen-bond acceptors (Lipinski definition) is 4. The molecule has 0 saturated carbocycles. The zero-order valence-electron chi connectivity index (χ0n) is 16.5. The van der Waals surface area contributed by atoms with E-state index in [0.717, 1.165) is 63.0 Å². The lowest BCUT2D eigenvalue weighted by molar-refractivity contribution is -0.140. The second-order valence-corrected chi connectivity index (χ2v) is 9.11. The summed E-state index contributed by atoms with van der Waals surface area (Å²) < 4.78 is 6.30. The molecule has 4 rings (SSSR count). The van der Waals surface area contributed by atoms with Crippen LogP contribution in [0.15, 0.2) is 6.07 Å². The number of piperidine rings is 1. The number of ether oxygens (including phenoxy) is 1. The van der Waals surface area contributed by atoms with E-state index in [4.69, 9.17) is 4.74 Å². The Balaban J connectivity index is 1.56. The maximum Gasteiger partial charge on any atom is 0.264 e. The third kappa shape index (κ3) is 3.31. The van der Waals surface area contributed by atoms with Crippen LogP contribution in [0.25, 0.3) is 0 Å². The molecule has 2 fully saturated rings. The van der Waals surface area contributed by atoms with Crippen molar-refractivity contribution in [2.24, 2.45) is 0 Å². The Hall–Kier alpha value is -1.40. The first kappa shape index (κ1) is 18.9. The Labute approximate surface area is 165 Å². The smallest absolute Gasteiger partial charge is 0.264 e. The molecule has 27 heavy (non-hydrogen) atoms. The SMILES string of the molecule is CCC(=O)N1CCC2(CC1)OCCc1sc(C(=O)N3CCCC3CC)cc12. The van der Waals surface area contributed by atoms with Crippen molar-refractivity contribution in [1.82, 2.24) is 9.80 Å². The Bertz CT molecular complexity index is 721. The van der Waals surface area contributed by atoms with Crippen LogP contribution in [0.4, 0.5) is 0 Å². The minimum atomic E-state index is -0.303. The number of fused-ring (bicyclic) bond motifs is 2. The predicted molar refractivity (Wildman–Crippen MR) is 106 cm³/mol.